The molecule has 0 bridgehead atoms. The monoisotopic (exact) mass is 233 g/mol. The molecule has 0 saturated carbocycles. The Morgan fingerprint density at radius 3 is 2.60 bits per heavy atom. The maximum absolute atomic E-state index is 9.58. The van der Waals surface area contributed by atoms with Crippen LogP contribution >= 0.6 is 11.6 Å². The van der Waals surface area contributed by atoms with Crippen LogP contribution in [0.15, 0.2) is 12.1 Å². The second kappa shape index (κ2) is 5.27. The standard InChI is InChI=1S/C9H12ClNO4/c10-7-2-1-5(13)8(11-7)9(15)6(14)3-4-12/h1-2,6,9,12-15H,3-4H2. The fraction of sp³-hybridized carbons (Fsp3) is 0.444. The van der Waals surface area contributed by atoms with Gasteiger partial charge in [-0.3, -0.25) is 0 Å². The average Bonchev–Trinajstić information content (AvgIpc) is 2.21. The smallest absolute Gasteiger partial charge is 0.140 e. The largest absolute Gasteiger partial charge is 0.506 e. The van der Waals surface area contributed by atoms with E-state index < -0.39 is 12.2 Å². The van der Waals surface area contributed by atoms with Gasteiger partial charge in [-0.2, -0.15) is 0 Å². The van der Waals surface area contributed by atoms with Crippen molar-refractivity contribution in [3.8, 4) is 5.75 Å². The SMILES string of the molecule is OCCC(O)C(O)c1nc(Cl)ccc1O. The number of aromatic nitrogens is 1. The molecule has 84 valence electrons. The number of hydrogen-bond acceptors (Lipinski definition) is 5. The third kappa shape index (κ3) is 3.04. The Balaban J connectivity index is 2.89. The summed E-state index contributed by atoms with van der Waals surface area (Å²) in [5.74, 6) is -0.246. The van der Waals surface area contributed by atoms with E-state index in [1.54, 1.807) is 0 Å². The molecule has 0 aliphatic carbocycles. The van der Waals surface area contributed by atoms with Crippen molar-refractivity contribution in [2.45, 2.75) is 18.6 Å². The van der Waals surface area contributed by atoms with Crippen LogP contribution in [0.1, 0.15) is 18.2 Å². The first kappa shape index (κ1) is 12.2. The van der Waals surface area contributed by atoms with Gasteiger partial charge in [0.05, 0.1) is 6.10 Å². The van der Waals surface area contributed by atoms with Crippen LogP contribution in [0.3, 0.4) is 0 Å². The number of rotatable bonds is 4. The third-order valence-electron chi connectivity index (χ3n) is 1.94. The van der Waals surface area contributed by atoms with Gasteiger partial charge in [-0.05, 0) is 18.6 Å². The second-order valence-electron chi connectivity index (χ2n) is 3.06. The molecular formula is C9H12ClNO4. The number of aliphatic hydroxyl groups is 3. The van der Waals surface area contributed by atoms with Crippen LogP contribution in [-0.4, -0.2) is 38.1 Å². The van der Waals surface area contributed by atoms with Crippen LogP contribution in [0.4, 0.5) is 0 Å². The summed E-state index contributed by atoms with van der Waals surface area (Å²) in [6.07, 6.45) is -2.56. The Bertz CT molecular complexity index is 334. The molecule has 0 saturated heterocycles. The molecule has 1 rings (SSSR count). The van der Waals surface area contributed by atoms with Gasteiger partial charge in [-0.15, -0.1) is 0 Å². The fourth-order valence-corrected chi connectivity index (χ4v) is 1.29. The third-order valence-corrected chi connectivity index (χ3v) is 2.15. The Morgan fingerprint density at radius 1 is 1.33 bits per heavy atom. The predicted octanol–water partition coefficient (Wildman–Crippen LogP) is 0.217. The maximum Gasteiger partial charge on any atom is 0.140 e. The molecule has 1 heterocycles. The van der Waals surface area contributed by atoms with Gasteiger partial charge in [0.1, 0.15) is 22.7 Å². The van der Waals surface area contributed by atoms with Crippen molar-refractivity contribution >= 4 is 11.6 Å². The van der Waals surface area contributed by atoms with Crippen molar-refractivity contribution < 1.29 is 20.4 Å². The Kier molecular flexibility index (Phi) is 4.28. The topological polar surface area (TPSA) is 93.8 Å². The highest BCUT2D eigenvalue weighted by atomic mass is 35.5. The zero-order valence-corrected chi connectivity index (χ0v) is 8.59. The van der Waals surface area contributed by atoms with E-state index >= 15 is 0 Å². The molecule has 1 aromatic heterocycles. The lowest BCUT2D eigenvalue weighted by Crippen LogP contribution is -2.20. The Morgan fingerprint density at radius 2 is 2.00 bits per heavy atom. The van der Waals surface area contributed by atoms with Crippen LogP contribution in [-0.2, 0) is 0 Å². The molecule has 0 spiro atoms. The quantitative estimate of drug-likeness (QED) is 0.558. The molecule has 1 aromatic rings. The molecule has 0 radical (unpaired) electrons. The van der Waals surface area contributed by atoms with Gasteiger partial charge in [-0.25, -0.2) is 4.98 Å². The van der Waals surface area contributed by atoms with Crippen LogP contribution < -0.4 is 0 Å². The first-order valence-corrected chi connectivity index (χ1v) is 4.76. The van der Waals surface area contributed by atoms with Gasteiger partial charge in [0, 0.05) is 6.61 Å². The maximum atomic E-state index is 9.58. The van der Waals surface area contributed by atoms with E-state index in [4.69, 9.17) is 16.7 Å². The zero-order valence-electron chi connectivity index (χ0n) is 7.84. The molecule has 0 aliphatic rings. The van der Waals surface area contributed by atoms with Crippen LogP contribution in [0, 0.1) is 0 Å². The zero-order chi connectivity index (χ0) is 11.4. The molecule has 5 nitrogen and oxygen atoms in total. The van der Waals surface area contributed by atoms with Gasteiger partial charge >= 0.3 is 0 Å². The Hall–Kier alpha value is -0.880. The number of nitrogens with zero attached hydrogens (tertiary/aromatic N) is 1. The molecule has 2 atom stereocenters. The summed E-state index contributed by atoms with van der Waals surface area (Å²) in [4.78, 5) is 3.70. The van der Waals surface area contributed by atoms with E-state index in [-0.39, 0.29) is 29.6 Å². The lowest BCUT2D eigenvalue weighted by Gasteiger charge is -2.17. The summed E-state index contributed by atoms with van der Waals surface area (Å²) in [6, 6.07) is 2.64. The number of halogens is 1. The highest BCUT2D eigenvalue weighted by molar-refractivity contribution is 6.29. The summed E-state index contributed by atoms with van der Waals surface area (Å²) >= 11 is 5.58. The van der Waals surface area contributed by atoms with Crippen molar-refractivity contribution in [1.82, 2.24) is 4.98 Å². The van der Waals surface area contributed by atoms with Crippen molar-refractivity contribution in [3.63, 3.8) is 0 Å². The first-order valence-electron chi connectivity index (χ1n) is 4.38. The Labute approximate surface area is 91.6 Å². The summed E-state index contributed by atoms with van der Waals surface area (Å²) in [5.41, 5.74) is -0.0940. The van der Waals surface area contributed by atoms with E-state index in [1.165, 1.54) is 12.1 Å². The van der Waals surface area contributed by atoms with E-state index in [2.05, 4.69) is 4.98 Å². The number of aromatic hydroxyl groups is 1. The molecular weight excluding hydrogens is 222 g/mol. The van der Waals surface area contributed by atoms with Crippen molar-refractivity contribution in [1.29, 1.82) is 0 Å². The normalized spacial score (nSPS) is 14.9. The van der Waals surface area contributed by atoms with Crippen molar-refractivity contribution in [3.05, 3.63) is 23.0 Å². The minimum Gasteiger partial charge on any atom is -0.506 e. The van der Waals surface area contributed by atoms with E-state index in [0.717, 1.165) is 0 Å². The van der Waals surface area contributed by atoms with Gasteiger partial charge in [-0.1, -0.05) is 11.6 Å². The highest BCUT2D eigenvalue weighted by Crippen LogP contribution is 2.26. The number of pyridine rings is 1. The lowest BCUT2D eigenvalue weighted by molar-refractivity contribution is 0.000659. The predicted molar refractivity (Wildman–Crippen MR) is 53.6 cm³/mol. The summed E-state index contributed by atoms with van der Waals surface area (Å²) in [6.45, 7) is -0.264. The molecule has 4 N–H and O–H groups in total. The minimum atomic E-state index is -1.36. The molecule has 6 heteroatoms. The molecule has 0 aliphatic heterocycles. The van der Waals surface area contributed by atoms with E-state index in [0.29, 0.717) is 0 Å². The molecule has 2 unspecified atom stereocenters. The molecule has 0 fully saturated rings. The summed E-state index contributed by atoms with van der Waals surface area (Å²) in [7, 11) is 0. The molecule has 0 aromatic carbocycles. The van der Waals surface area contributed by atoms with Crippen LogP contribution in [0.2, 0.25) is 5.15 Å². The van der Waals surface area contributed by atoms with Gasteiger partial charge in [0.2, 0.25) is 0 Å². The molecule has 15 heavy (non-hydrogen) atoms. The van der Waals surface area contributed by atoms with Gasteiger partial charge in [0.25, 0.3) is 0 Å². The van der Waals surface area contributed by atoms with Crippen molar-refractivity contribution in [2.24, 2.45) is 0 Å². The summed E-state index contributed by atoms with van der Waals surface area (Å²) < 4.78 is 0. The fourth-order valence-electron chi connectivity index (χ4n) is 1.13. The summed E-state index contributed by atoms with van der Waals surface area (Å²) in [5, 5.41) is 37.0. The van der Waals surface area contributed by atoms with Crippen molar-refractivity contribution in [2.75, 3.05) is 6.61 Å². The second-order valence-corrected chi connectivity index (χ2v) is 3.45. The minimum absolute atomic E-state index is 0.00516. The highest BCUT2D eigenvalue weighted by Gasteiger charge is 2.22. The number of aliphatic hydroxyl groups excluding tert-OH is 3. The number of hydrogen-bond donors (Lipinski definition) is 4. The van der Waals surface area contributed by atoms with Crippen LogP contribution in [0.5, 0.6) is 5.75 Å². The first-order chi connectivity index (χ1) is 7.06. The van der Waals surface area contributed by atoms with Gasteiger partial charge in [0.15, 0.2) is 0 Å². The van der Waals surface area contributed by atoms with Crippen LogP contribution in [0.25, 0.3) is 0 Å². The average molecular weight is 234 g/mol. The molecule has 0 amide bonds. The van der Waals surface area contributed by atoms with E-state index in [1.807, 2.05) is 0 Å². The van der Waals surface area contributed by atoms with E-state index in [9.17, 15) is 15.3 Å². The lowest BCUT2D eigenvalue weighted by atomic mass is 10.1. The van der Waals surface area contributed by atoms with Gasteiger partial charge < -0.3 is 20.4 Å².